The smallest absolute Gasteiger partial charge is 0.426 e. The van der Waals surface area contributed by atoms with Crippen LogP contribution in [0.1, 0.15) is 66.5 Å². The molecule has 2 atom stereocenters. The Morgan fingerprint density at radius 3 is 1.98 bits per heavy atom. The van der Waals surface area contributed by atoms with Crippen LogP contribution in [0.5, 0.6) is 0 Å². The molecule has 4 aromatic carbocycles. The van der Waals surface area contributed by atoms with Gasteiger partial charge in [-0.25, -0.2) is 5.01 Å². The van der Waals surface area contributed by atoms with E-state index in [1.54, 1.807) is 62.4 Å². The summed E-state index contributed by atoms with van der Waals surface area (Å²) in [6.07, 6.45) is -3.68. The van der Waals surface area contributed by atoms with Gasteiger partial charge in [0.15, 0.2) is 0 Å². The minimum Gasteiger partial charge on any atom is -0.461 e. The summed E-state index contributed by atoms with van der Waals surface area (Å²) in [5.74, 6) is -2.37. The Balaban J connectivity index is 0.000000239. The Labute approximate surface area is 312 Å². The Hall–Kier alpha value is -4.60. The molecule has 52 heavy (non-hydrogen) atoms. The predicted molar refractivity (Wildman–Crippen MR) is 198 cm³/mol. The lowest BCUT2D eigenvalue weighted by atomic mass is 9.97. The number of halogens is 5. The highest BCUT2D eigenvalue weighted by molar-refractivity contribution is 6.30. The molecule has 4 aromatic rings. The van der Waals surface area contributed by atoms with Gasteiger partial charge in [0.25, 0.3) is 11.8 Å². The number of amides is 2. The molecule has 0 aliphatic heterocycles. The van der Waals surface area contributed by atoms with E-state index in [0.29, 0.717) is 16.1 Å². The second-order valence-electron chi connectivity index (χ2n) is 14.0. The first-order valence-corrected chi connectivity index (χ1v) is 17.3. The molecule has 2 unspecified atom stereocenters. The van der Waals surface area contributed by atoms with Gasteiger partial charge in [-0.05, 0) is 97.7 Å². The second-order valence-corrected chi connectivity index (χ2v) is 14.9. The van der Waals surface area contributed by atoms with Crippen LogP contribution in [0.25, 0.3) is 11.1 Å². The molecule has 1 fully saturated rings. The molecule has 1 N–H and O–H groups in total. The van der Waals surface area contributed by atoms with Crippen molar-refractivity contribution < 1.29 is 32.3 Å². The van der Waals surface area contributed by atoms with Crippen molar-refractivity contribution in [3.05, 3.63) is 142 Å². The van der Waals surface area contributed by atoms with Crippen LogP contribution in [0.2, 0.25) is 5.02 Å². The number of hydrazine groups is 1. The summed E-state index contributed by atoms with van der Waals surface area (Å²) in [5, 5.41) is 0.700. The van der Waals surface area contributed by atoms with Crippen molar-refractivity contribution in [1.29, 1.82) is 0 Å². The monoisotopic (exact) mass is 752 g/mol. The van der Waals surface area contributed by atoms with Crippen LogP contribution in [0, 0.1) is 24.2 Å². The molecule has 0 radical (unpaired) electrons. The van der Waals surface area contributed by atoms with Crippen molar-refractivity contribution in [2.75, 3.05) is 0 Å². The Morgan fingerprint density at radius 2 is 1.42 bits per heavy atom. The number of alkyl halides is 3. The molecule has 5 rings (SSSR count). The maximum atomic E-state index is 12.7. The van der Waals surface area contributed by atoms with E-state index in [9.17, 15) is 27.6 Å². The molecule has 6 nitrogen and oxygen atoms in total. The Morgan fingerprint density at radius 1 is 0.846 bits per heavy atom. The van der Waals surface area contributed by atoms with E-state index in [-0.39, 0.29) is 18.4 Å². The van der Waals surface area contributed by atoms with Gasteiger partial charge in [0.1, 0.15) is 11.6 Å². The Kier molecular flexibility index (Phi) is 12.7. The van der Waals surface area contributed by atoms with E-state index in [1.165, 1.54) is 5.01 Å². The van der Waals surface area contributed by atoms with Crippen LogP contribution in [0.3, 0.4) is 0 Å². The lowest BCUT2D eigenvalue weighted by molar-refractivity contribution is -0.147. The third-order valence-electron chi connectivity index (χ3n) is 8.88. The third kappa shape index (κ3) is 10.0. The first kappa shape index (κ1) is 40.2. The molecule has 1 aliphatic carbocycles. The standard InChI is InChI=1S/C23H22ClF3O2.C18H19ClN2O2/c1-14-16(10-7-11-17(14)15-8-5-4-6-9-15)13-29-21(28)20-18(22(20,2)3)12-19(24)23(25,26)27;1-18(2,3)21(17(23)14-7-5-4-6-8-14)20-16(22)13-9-11-15(19)12-10-13/h4-12,18,20H,13H2,1-3H3;4-12H,1-3H3,(H,20,22)/b19-12-;. The number of carbonyl (C=O) groups is 3. The van der Waals surface area contributed by atoms with Crippen LogP contribution in [-0.2, 0) is 16.1 Å². The van der Waals surface area contributed by atoms with Crippen LogP contribution in [0.15, 0.2) is 114 Å². The summed E-state index contributed by atoms with van der Waals surface area (Å²) in [6.45, 7) is 11.1. The number of hydrogen-bond donors (Lipinski definition) is 1. The fourth-order valence-electron chi connectivity index (χ4n) is 5.70. The number of nitrogens with zero attached hydrogens (tertiary/aromatic N) is 1. The molecule has 274 valence electrons. The molecule has 0 heterocycles. The number of esters is 1. The summed E-state index contributed by atoms with van der Waals surface area (Å²) in [5.41, 5.74) is 6.41. The van der Waals surface area contributed by atoms with Crippen molar-refractivity contribution in [2.45, 2.75) is 59.9 Å². The van der Waals surface area contributed by atoms with E-state index in [0.717, 1.165) is 28.3 Å². The lowest BCUT2D eigenvalue weighted by Gasteiger charge is -2.35. The van der Waals surface area contributed by atoms with Crippen LogP contribution in [-0.4, -0.2) is 34.5 Å². The van der Waals surface area contributed by atoms with Crippen LogP contribution >= 0.6 is 23.2 Å². The average Bonchev–Trinajstić information content (AvgIpc) is 3.65. The van der Waals surface area contributed by atoms with E-state index in [4.69, 9.17) is 27.9 Å². The van der Waals surface area contributed by atoms with E-state index in [2.05, 4.69) is 5.43 Å². The zero-order valence-corrected chi connectivity index (χ0v) is 31.2. The zero-order valence-electron chi connectivity index (χ0n) is 29.7. The van der Waals surface area contributed by atoms with Gasteiger partial charge in [-0.1, -0.05) is 110 Å². The number of rotatable bonds is 7. The normalized spacial score (nSPS) is 16.6. The minimum atomic E-state index is -4.61. The molecule has 0 aromatic heterocycles. The molecule has 1 saturated carbocycles. The van der Waals surface area contributed by atoms with E-state index in [1.807, 2.05) is 82.3 Å². The third-order valence-corrected chi connectivity index (χ3v) is 9.47. The Bertz CT molecular complexity index is 1910. The van der Waals surface area contributed by atoms with Gasteiger partial charge in [0.05, 0.1) is 11.5 Å². The number of nitrogens with one attached hydrogen (secondary N) is 1. The molecular formula is C41H41Cl2F3N2O4. The van der Waals surface area contributed by atoms with Gasteiger partial charge in [0, 0.05) is 16.1 Å². The molecule has 0 spiro atoms. The maximum absolute atomic E-state index is 12.7. The SMILES string of the molecule is CC(C)(C)N(NC(=O)c1ccc(Cl)cc1)C(=O)c1ccccc1.Cc1c(COC(=O)C2C(/C=C(\Cl)C(F)(F)F)C2(C)C)cccc1-c1ccccc1. The van der Waals surface area contributed by atoms with Gasteiger partial charge in [-0.3, -0.25) is 19.8 Å². The summed E-state index contributed by atoms with van der Waals surface area (Å²) in [6, 6.07) is 31.0. The van der Waals surface area contributed by atoms with E-state index < -0.39 is 40.0 Å². The van der Waals surface area contributed by atoms with E-state index >= 15 is 0 Å². The zero-order chi connectivity index (χ0) is 38.4. The number of ether oxygens (including phenoxy) is 1. The average molecular weight is 754 g/mol. The topological polar surface area (TPSA) is 75.7 Å². The highest BCUT2D eigenvalue weighted by Crippen LogP contribution is 2.60. The summed E-state index contributed by atoms with van der Waals surface area (Å²) < 4.78 is 43.5. The highest BCUT2D eigenvalue weighted by atomic mass is 35.5. The lowest BCUT2D eigenvalue weighted by Crippen LogP contribution is -2.55. The number of benzene rings is 4. The molecule has 2 amide bonds. The summed E-state index contributed by atoms with van der Waals surface area (Å²) in [4.78, 5) is 37.6. The first-order valence-electron chi connectivity index (χ1n) is 16.5. The first-order chi connectivity index (χ1) is 24.3. The van der Waals surface area contributed by atoms with Crippen LogP contribution < -0.4 is 5.43 Å². The van der Waals surface area contributed by atoms with Gasteiger partial charge in [-0.15, -0.1) is 0 Å². The fourth-order valence-corrected chi connectivity index (χ4v) is 5.96. The van der Waals surface area contributed by atoms with Crippen molar-refractivity contribution in [3.8, 4) is 11.1 Å². The van der Waals surface area contributed by atoms with Crippen molar-refractivity contribution in [2.24, 2.45) is 17.3 Å². The van der Waals surface area contributed by atoms with Gasteiger partial charge in [-0.2, -0.15) is 13.2 Å². The molecule has 0 saturated heterocycles. The fraction of sp³-hybridized carbons (Fsp3) is 0.293. The number of carbonyl (C=O) groups excluding carboxylic acids is 3. The maximum Gasteiger partial charge on any atom is 0.426 e. The van der Waals surface area contributed by atoms with Gasteiger partial charge >= 0.3 is 12.1 Å². The second kappa shape index (κ2) is 16.4. The molecular weight excluding hydrogens is 712 g/mol. The molecule has 0 bridgehead atoms. The largest absolute Gasteiger partial charge is 0.461 e. The predicted octanol–water partition coefficient (Wildman–Crippen LogP) is 10.6. The highest BCUT2D eigenvalue weighted by Gasteiger charge is 2.62. The van der Waals surface area contributed by atoms with Crippen molar-refractivity contribution in [1.82, 2.24) is 10.4 Å². The molecule has 1 aliphatic rings. The summed E-state index contributed by atoms with van der Waals surface area (Å²) >= 11 is 11.2. The summed E-state index contributed by atoms with van der Waals surface area (Å²) in [7, 11) is 0. The van der Waals surface area contributed by atoms with Crippen molar-refractivity contribution >= 4 is 41.0 Å². The van der Waals surface area contributed by atoms with Crippen molar-refractivity contribution in [3.63, 3.8) is 0 Å². The van der Waals surface area contributed by atoms with Crippen LogP contribution in [0.4, 0.5) is 13.2 Å². The molecule has 11 heteroatoms. The van der Waals surface area contributed by atoms with Gasteiger partial charge < -0.3 is 4.74 Å². The number of hydrogen-bond acceptors (Lipinski definition) is 4. The quantitative estimate of drug-likeness (QED) is 0.151. The van der Waals surface area contributed by atoms with Gasteiger partial charge in [0.2, 0.25) is 0 Å². The number of allylic oxidation sites excluding steroid dienone is 2. The minimum absolute atomic E-state index is 0.0708.